The van der Waals surface area contributed by atoms with Crippen molar-refractivity contribution < 1.29 is 28.0 Å². The number of ether oxygens (including phenoxy) is 2. The lowest BCUT2D eigenvalue weighted by molar-refractivity contribution is -0.894. The Labute approximate surface area is 261 Å². The first-order valence-electron chi connectivity index (χ1n) is 17.6. The van der Waals surface area contributed by atoms with Crippen LogP contribution in [-0.2, 0) is 19.1 Å². The number of hydrogen-bond donors (Lipinski definition) is 0. The van der Waals surface area contributed by atoms with Crippen LogP contribution in [0.1, 0.15) is 72.6 Å². The van der Waals surface area contributed by atoms with Gasteiger partial charge in [-0.3, -0.25) is 19.4 Å². The van der Waals surface area contributed by atoms with Crippen LogP contribution >= 0.6 is 0 Å². The Bertz CT molecular complexity index is 1060. The zero-order chi connectivity index (χ0) is 30.9. The van der Waals surface area contributed by atoms with E-state index in [-0.39, 0.29) is 35.0 Å². The molecule has 2 saturated heterocycles. The second kappa shape index (κ2) is 11.2. The smallest absolute Gasteiger partial charge is 0.302 e. The first-order valence-corrected chi connectivity index (χ1v) is 17.6. The summed E-state index contributed by atoms with van der Waals surface area (Å²) in [5.41, 5.74) is 0.308. The molecule has 244 valence electrons. The second-order valence-electron chi connectivity index (χ2n) is 17.5. The number of nitrogens with zero attached hydrogens (tertiary/aromatic N) is 4. The average molecular weight is 603 g/mol. The fourth-order valence-electron chi connectivity index (χ4n) is 11.4. The van der Waals surface area contributed by atoms with E-state index in [1.165, 1.54) is 25.7 Å². The van der Waals surface area contributed by atoms with Crippen LogP contribution in [0.2, 0.25) is 0 Å². The Morgan fingerprint density at radius 1 is 0.698 bits per heavy atom. The van der Waals surface area contributed by atoms with Crippen LogP contribution in [0.15, 0.2) is 0 Å². The van der Waals surface area contributed by atoms with Crippen molar-refractivity contribution in [2.24, 2.45) is 34.5 Å². The predicted molar refractivity (Wildman–Crippen MR) is 168 cm³/mol. The molecule has 0 bridgehead atoms. The van der Waals surface area contributed by atoms with E-state index in [4.69, 9.17) is 9.47 Å². The number of fused-ring (bicyclic) bond motifs is 5. The molecule has 10 atom stereocenters. The van der Waals surface area contributed by atoms with Crippen LogP contribution in [0.5, 0.6) is 0 Å². The van der Waals surface area contributed by atoms with Gasteiger partial charge in [0.15, 0.2) is 0 Å². The van der Waals surface area contributed by atoms with Gasteiger partial charge in [0.05, 0.1) is 54.4 Å². The molecule has 0 aromatic rings. The topological polar surface area (TPSA) is 59.1 Å². The van der Waals surface area contributed by atoms with Crippen molar-refractivity contribution in [3.63, 3.8) is 0 Å². The highest BCUT2D eigenvalue weighted by Gasteiger charge is 2.65. The minimum atomic E-state index is -0.123. The molecule has 2 aliphatic heterocycles. The highest BCUT2D eigenvalue weighted by molar-refractivity contribution is 5.66. The summed E-state index contributed by atoms with van der Waals surface area (Å²) in [5.74, 6) is 2.35. The molecule has 0 spiro atoms. The van der Waals surface area contributed by atoms with E-state index in [9.17, 15) is 9.59 Å². The molecule has 8 nitrogen and oxygen atoms in total. The Hall–Kier alpha value is -1.22. The van der Waals surface area contributed by atoms with Crippen molar-refractivity contribution in [1.82, 2.24) is 9.80 Å². The number of carbonyl (C=O) groups is 2. The van der Waals surface area contributed by atoms with Crippen molar-refractivity contribution in [2.45, 2.75) is 96.9 Å². The lowest BCUT2D eigenvalue weighted by Crippen LogP contribution is -2.64. The van der Waals surface area contributed by atoms with Crippen molar-refractivity contribution in [3.05, 3.63) is 0 Å². The molecule has 2 heterocycles. The number of esters is 2. The quantitative estimate of drug-likeness (QED) is 0.362. The van der Waals surface area contributed by atoms with Crippen molar-refractivity contribution in [1.29, 1.82) is 0 Å². The molecule has 0 amide bonds. The van der Waals surface area contributed by atoms with Gasteiger partial charge in [-0.2, -0.15) is 0 Å². The fraction of sp³-hybridized carbons (Fsp3) is 0.943. The summed E-state index contributed by atoms with van der Waals surface area (Å²) >= 11 is 0. The van der Waals surface area contributed by atoms with E-state index in [1.54, 1.807) is 13.8 Å². The second-order valence-corrected chi connectivity index (χ2v) is 17.5. The molecule has 0 radical (unpaired) electrons. The third-order valence-electron chi connectivity index (χ3n) is 14.1. The van der Waals surface area contributed by atoms with Crippen molar-refractivity contribution in [3.8, 4) is 0 Å². The highest BCUT2D eigenvalue weighted by atomic mass is 16.5. The molecular weight excluding hydrogens is 540 g/mol. The zero-order valence-corrected chi connectivity index (χ0v) is 28.6. The third-order valence-corrected chi connectivity index (χ3v) is 14.1. The van der Waals surface area contributed by atoms with Crippen LogP contribution < -0.4 is 0 Å². The number of likely N-dealkylation sites (N-methyl/N-ethyl adjacent to an activating group) is 2. The summed E-state index contributed by atoms with van der Waals surface area (Å²) in [7, 11) is 9.36. The van der Waals surface area contributed by atoms with Gasteiger partial charge in [0.1, 0.15) is 12.2 Å². The maximum Gasteiger partial charge on any atom is 0.302 e. The van der Waals surface area contributed by atoms with Gasteiger partial charge < -0.3 is 18.4 Å². The normalized spacial score (nSPS) is 46.2. The number of carbonyl (C=O) groups excluding carboxylic acids is 2. The van der Waals surface area contributed by atoms with E-state index in [0.717, 1.165) is 80.6 Å². The van der Waals surface area contributed by atoms with Gasteiger partial charge >= 0.3 is 11.9 Å². The molecule has 43 heavy (non-hydrogen) atoms. The fourth-order valence-corrected chi connectivity index (χ4v) is 11.4. The van der Waals surface area contributed by atoms with Gasteiger partial charge in [-0.05, 0) is 74.0 Å². The summed E-state index contributed by atoms with van der Waals surface area (Å²) in [5, 5.41) is 0. The third kappa shape index (κ3) is 5.81. The number of rotatable bonds is 4. The molecule has 0 N–H and O–H groups in total. The highest BCUT2D eigenvalue weighted by Crippen LogP contribution is 2.67. The number of piperazine rings is 2. The average Bonchev–Trinajstić information content (AvgIpc) is 3.20. The van der Waals surface area contributed by atoms with E-state index in [1.807, 2.05) is 0 Å². The standard InChI is InChI=1S/C35H62N4O4/c1-24(40)42-32-21-26-9-10-27-28(35(26,4)23-31(32)37-15-19-39(7,8)20-16-37)11-12-34(3)29(27)22-30(33(34)43-25(2)41)36-13-17-38(5,6)18-14-36/h26-33H,9-23H2,1-8H3/q+2/t26-,27-,28+,29+,30+,31+,32-,33+,34+,35+/m1/s1. The monoisotopic (exact) mass is 602 g/mol. The minimum absolute atomic E-state index is 0.00234. The summed E-state index contributed by atoms with van der Waals surface area (Å²) in [6.07, 6.45) is 8.22. The van der Waals surface area contributed by atoms with E-state index in [0.29, 0.717) is 35.8 Å². The van der Waals surface area contributed by atoms with Crippen LogP contribution in [0.3, 0.4) is 0 Å². The van der Waals surface area contributed by atoms with Crippen LogP contribution in [0.4, 0.5) is 0 Å². The van der Waals surface area contributed by atoms with Crippen molar-refractivity contribution in [2.75, 3.05) is 80.5 Å². The largest absolute Gasteiger partial charge is 0.461 e. The predicted octanol–water partition coefficient (Wildman–Crippen LogP) is 3.63. The van der Waals surface area contributed by atoms with E-state index >= 15 is 0 Å². The molecule has 6 fully saturated rings. The molecule has 0 unspecified atom stereocenters. The molecule has 4 saturated carbocycles. The van der Waals surface area contributed by atoms with Gasteiger partial charge in [0.25, 0.3) is 0 Å². The lowest BCUT2D eigenvalue weighted by Gasteiger charge is -2.62. The molecule has 0 aromatic heterocycles. The number of hydrogen-bond acceptors (Lipinski definition) is 6. The molecular formula is C35H62N4O4+2. The van der Waals surface area contributed by atoms with Crippen molar-refractivity contribution >= 4 is 11.9 Å². The SMILES string of the molecule is CC(=O)O[C@@H]1C[C@H]2CC[C@@H]3[C@H](CC[C@@]4(C)[C@H]3C[C@H](N3CC[N+](C)(C)CC3)[C@@H]4OC(C)=O)[C@@]2(C)C[C@@H]1N1CC[N+](C)(C)CC1. The Morgan fingerprint density at radius 3 is 1.81 bits per heavy atom. The lowest BCUT2D eigenvalue weighted by atomic mass is 9.44. The maximum atomic E-state index is 12.5. The summed E-state index contributed by atoms with van der Waals surface area (Å²) < 4.78 is 14.6. The maximum absolute atomic E-state index is 12.5. The number of quaternary nitrogens is 2. The Balaban J connectivity index is 1.26. The first kappa shape index (κ1) is 31.7. The summed E-state index contributed by atoms with van der Waals surface area (Å²) in [6, 6.07) is 0.656. The van der Waals surface area contributed by atoms with Gasteiger partial charge in [0, 0.05) is 57.5 Å². The van der Waals surface area contributed by atoms with Crippen LogP contribution in [0, 0.1) is 34.5 Å². The summed E-state index contributed by atoms with van der Waals surface area (Å²) in [6.45, 7) is 17.3. The van der Waals surface area contributed by atoms with Gasteiger partial charge in [-0.1, -0.05) is 13.8 Å². The van der Waals surface area contributed by atoms with Crippen LogP contribution in [-0.4, -0.2) is 136 Å². The Kier molecular flexibility index (Phi) is 8.30. The van der Waals surface area contributed by atoms with Gasteiger partial charge in [0.2, 0.25) is 0 Å². The van der Waals surface area contributed by atoms with Crippen LogP contribution in [0.25, 0.3) is 0 Å². The Morgan fingerprint density at radius 2 is 1.26 bits per heavy atom. The van der Waals surface area contributed by atoms with E-state index in [2.05, 4.69) is 51.8 Å². The van der Waals surface area contributed by atoms with Gasteiger partial charge in [-0.25, -0.2) is 0 Å². The van der Waals surface area contributed by atoms with Gasteiger partial charge in [-0.15, -0.1) is 0 Å². The molecule has 8 heteroatoms. The first-order chi connectivity index (χ1) is 20.1. The van der Waals surface area contributed by atoms with E-state index < -0.39 is 0 Å². The minimum Gasteiger partial charge on any atom is -0.461 e. The molecule has 0 aromatic carbocycles. The summed E-state index contributed by atoms with van der Waals surface area (Å²) in [4.78, 5) is 30.2. The molecule has 6 rings (SSSR count). The zero-order valence-electron chi connectivity index (χ0n) is 28.6. The molecule has 4 aliphatic carbocycles. The molecule has 6 aliphatic rings.